The predicted molar refractivity (Wildman–Crippen MR) is 64.0 cm³/mol. The first-order valence-corrected chi connectivity index (χ1v) is 5.56. The molecule has 0 amide bonds. The molecule has 0 aromatic carbocycles. The minimum atomic E-state index is -0.273. The van der Waals surface area contributed by atoms with Crippen LogP contribution in [0, 0.1) is 0 Å². The molecule has 0 aliphatic heterocycles. The van der Waals surface area contributed by atoms with Crippen LogP contribution in [0.4, 0.5) is 5.95 Å². The molecule has 0 aliphatic carbocycles. The fourth-order valence-electron chi connectivity index (χ4n) is 1.55. The number of aliphatic hydroxyl groups excluding tert-OH is 1. The van der Waals surface area contributed by atoms with Crippen molar-refractivity contribution in [1.82, 2.24) is 19.5 Å². The molecule has 2 rings (SSSR count). The topological polar surface area (TPSA) is 95.8 Å². The van der Waals surface area contributed by atoms with Gasteiger partial charge in [-0.2, -0.15) is 4.98 Å². The van der Waals surface area contributed by atoms with Gasteiger partial charge in [-0.15, -0.1) is 0 Å². The number of hydrogen-bond acceptors (Lipinski definition) is 5. The molecule has 0 aliphatic rings. The Balaban J connectivity index is 2.45. The van der Waals surface area contributed by atoms with E-state index >= 15 is 0 Å². The van der Waals surface area contributed by atoms with E-state index in [4.69, 9.17) is 5.11 Å². The van der Waals surface area contributed by atoms with Crippen LogP contribution in [0.25, 0.3) is 11.2 Å². The summed E-state index contributed by atoms with van der Waals surface area (Å²) in [6.45, 7) is 3.13. The lowest BCUT2D eigenvalue weighted by Crippen LogP contribution is -2.15. The van der Waals surface area contributed by atoms with E-state index in [1.807, 2.05) is 6.92 Å². The second-order valence-electron chi connectivity index (χ2n) is 3.68. The van der Waals surface area contributed by atoms with E-state index in [1.165, 1.54) is 6.33 Å². The first-order valence-electron chi connectivity index (χ1n) is 5.56. The van der Waals surface area contributed by atoms with Gasteiger partial charge < -0.3 is 15.0 Å². The Morgan fingerprint density at radius 2 is 2.41 bits per heavy atom. The van der Waals surface area contributed by atoms with E-state index in [-0.39, 0.29) is 12.2 Å². The Morgan fingerprint density at radius 1 is 1.59 bits per heavy atom. The third-order valence-corrected chi connectivity index (χ3v) is 2.36. The van der Waals surface area contributed by atoms with Gasteiger partial charge in [0.1, 0.15) is 0 Å². The van der Waals surface area contributed by atoms with Crippen LogP contribution in [0.3, 0.4) is 0 Å². The lowest BCUT2D eigenvalue weighted by molar-refractivity contribution is 0.277. The number of anilines is 1. The Labute approximate surface area is 97.5 Å². The van der Waals surface area contributed by atoms with Gasteiger partial charge in [0.15, 0.2) is 11.2 Å². The fourth-order valence-corrected chi connectivity index (χ4v) is 1.55. The maximum absolute atomic E-state index is 11.7. The number of aromatic nitrogens is 4. The first kappa shape index (κ1) is 11.6. The number of aromatic amines is 1. The second-order valence-corrected chi connectivity index (χ2v) is 3.68. The van der Waals surface area contributed by atoms with Crippen LogP contribution in [0.2, 0.25) is 0 Å². The average Bonchev–Trinajstić information content (AvgIpc) is 2.71. The molecule has 0 radical (unpaired) electrons. The zero-order valence-electron chi connectivity index (χ0n) is 9.60. The van der Waals surface area contributed by atoms with Gasteiger partial charge in [-0.3, -0.25) is 9.78 Å². The lowest BCUT2D eigenvalue weighted by atomic mass is 10.5. The van der Waals surface area contributed by atoms with E-state index in [1.54, 1.807) is 4.57 Å². The highest BCUT2D eigenvalue weighted by atomic mass is 16.3. The molecule has 7 nitrogen and oxygen atoms in total. The summed E-state index contributed by atoms with van der Waals surface area (Å²) in [5.41, 5.74) is 0.507. The SMILES string of the molecule is CCCNc1nc2c(ncn2CCO)c(=O)[nH]1. The van der Waals surface area contributed by atoms with Gasteiger partial charge in [0.25, 0.3) is 5.56 Å². The summed E-state index contributed by atoms with van der Waals surface area (Å²) in [4.78, 5) is 22.6. The van der Waals surface area contributed by atoms with Gasteiger partial charge in [-0.25, -0.2) is 4.98 Å². The smallest absolute Gasteiger partial charge is 0.280 e. The molecule has 2 heterocycles. The highest BCUT2D eigenvalue weighted by molar-refractivity contribution is 5.70. The molecule has 92 valence electrons. The highest BCUT2D eigenvalue weighted by Crippen LogP contribution is 2.07. The Morgan fingerprint density at radius 3 is 3.12 bits per heavy atom. The van der Waals surface area contributed by atoms with E-state index in [0.717, 1.165) is 13.0 Å². The normalized spacial score (nSPS) is 10.9. The molecular formula is C10H15N5O2. The van der Waals surface area contributed by atoms with Crippen LogP contribution in [0.1, 0.15) is 13.3 Å². The van der Waals surface area contributed by atoms with Gasteiger partial charge in [-0.05, 0) is 6.42 Å². The van der Waals surface area contributed by atoms with E-state index in [2.05, 4.69) is 20.3 Å². The minimum absolute atomic E-state index is 0.0162. The summed E-state index contributed by atoms with van der Waals surface area (Å²) in [5.74, 6) is 0.434. The van der Waals surface area contributed by atoms with E-state index < -0.39 is 0 Å². The van der Waals surface area contributed by atoms with Crippen LogP contribution in [-0.2, 0) is 6.54 Å². The van der Waals surface area contributed by atoms with Crippen LogP contribution in [0.15, 0.2) is 11.1 Å². The highest BCUT2D eigenvalue weighted by Gasteiger charge is 2.09. The molecule has 3 N–H and O–H groups in total. The molecule has 0 atom stereocenters. The van der Waals surface area contributed by atoms with Crippen molar-refractivity contribution in [3.8, 4) is 0 Å². The number of aliphatic hydroxyl groups is 1. The molecule has 0 spiro atoms. The van der Waals surface area contributed by atoms with Crippen molar-refractivity contribution in [1.29, 1.82) is 0 Å². The second kappa shape index (κ2) is 4.96. The number of hydrogen-bond donors (Lipinski definition) is 3. The van der Waals surface area contributed by atoms with Gasteiger partial charge in [0.05, 0.1) is 12.9 Å². The molecular weight excluding hydrogens is 222 g/mol. The van der Waals surface area contributed by atoms with E-state index in [9.17, 15) is 4.79 Å². The van der Waals surface area contributed by atoms with Crippen molar-refractivity contribution in [3.63, 3.8) is 0 Å². The molecule has 2 aromatic heterocycles. The molecule has 0 fully saturated rings. The van der Waals surface area contributed by atoms with Gasteiger partial charge in [0.2, 0.25) is 5.95 Å². The summed E-state index contributed by atoms with van der Waals surface area (Å²) in [6.07, 6.45) is 2.45. The third kappa shape index (κ3) is 2.28. The molecule has 7 heteroatoms. The fraction of sp³-hybridized carbons (Fsp3) is 0.500. The van der Waals surface area contributed by atoms with Gasteiger partial charge in [0, 0.05) is 13.1 Å². The van der Waals surface area contributed by atoms with Crippen LogP contribution in [-0.4, -0.2) is 37.8 Å². The molecule has 0 unspecified atom stereocenters. The van der Waals surface area contributed by atoms with E-state index in [0.29, 0.717) is 23.7 Å². The predicted octanol–water partition coefficient (Wildman–Crippen LogP) is -0.0662. The van der Waals surface area contributed by atoms with Gasteiger partial charge in [-0.1, -0.05) is 6.92 Å². The minimum Gasteiger partial charge on any atom is -0.395 e. The number of nitrogens with one attached hydrogen (secondary N) is 2. The third-order valence-electron chi connectivity index (χ3n) is 2.36. The first-order chi connectivity index (χ1) is 8.26. The number of rotatable bonds is 5. The quantitative estimate of drug-likeness (QED) is 0.676. The van der Waals surface area contributed by atoms with Crippen LogP contribution < -0.4 is 10.9 Å². The van der Waals surface area contributed by atoms with Crippen LogP contribution >= 0.6 is 0 Å². The Kier molecular flexibility index (Phi) is 3.38. The van der Waals surface area contributed by atoms with Crippen molar-refractivity contribution in [3.05, 3.63) is 16.7 Å². The largest absolute Gasteiger partial charge is 0.395 e. The molecule has 0 saturated heterocycles. The number of nitrogens with zero attached hydrogens (tertiary/aromatic N) is 3. The summed E-state index contributed by atoms with van der Waals surface area (Å²) in [7, 11) is 0. The maximum atomic E-state index is 11.7. The lowest BCUT2D eigenvalue weighted by Gasteiger charge is -2.04. The van der Waals surface area contributed by atoms with Crippen molar-refractivity contribution in [2.24, 2.45) is 0 Å². The van der Waals surface area contributed by atoms with Crippen molar-refractivity contribution < 1.29 is 5.11 Å². The molecule has 17 heavy (non-hydrogen) atoms. The molecule has 0 bridgehead atoms. The summed E-state index contributed by atoms with van der Waals surface area (Å²) in [6, 6.07) is 0. The zero-order chi connectivity index (χ0) is 12.3. The molecule has 2 aromatic rings. The maximum Gasteiger partial charge on any atom is 0.280 e. The summed E-state index contributed by atoms with van der Waals surface area (Å²) >= 11 is 0. The number of imidazole rings is 1. The summed E-state index contributed by atoms with van der Waals surface area (Å²) in [5, 5.41) is 11.9. The van der Waals surface area contributed by atoms with Crippen molar-refractivity contribution >= 4 is 17.1 Å². The van der Waals surface area contributed by atoms with Gasteiger partial charge >= 0.3 is 0 Å². The standard InChI is InChI=1S/C10H15N5O2/c1-2-3-11-10-13-8-7(9(17)14-10)12-6-15(8)4-5-16/h6,16H,2-5H2,1H3,(H2,11,13,14,17). The van der Waals surface area contributed by atoms with Crippen molar-refractivity contribution in [2.75, 3.05) is 18.5 Å². The average molecular weight is 237 g/mol. The Hall–Kier alpha value is -1.89. The molecule has 0 saturated carbocycles. The summed E-state index contributed by atoms with van der Waals surface area (Å²) < 4.78 is 1.65. The Bertz CT molecular complexity index is 559. The van der Waals surface area contributed by atoms with Crippen molar-refractivity contribution in [2.45, 2.75) is 19.9 Å². The zero-order valence-corrected chi connectivity index (χ0v) is 9.60. The number of fused-ring (bicyclic) bond motifs is 1. The number of H-pyrrole nitrogens is 1. The van der Waals surface area contributed by atoms with Crippen LogP contribution in [0.5, 0.6) is 0 Å². The monoisotopic (exact) mass is 237 g/mol.